The van der Waals surface area contributed by atoms with Crippen LogP contribution in [0.5, 0.6) is 0 Å². The molecule has 2 N–H and O–H groups in total. The molecule has 0 spiro atoms. The van der Waals surface area contributed by atoms with Gasteiger partial charge in [-0.05, 0) is 25.7 Å². The molecule has 2 rings (SSSR count). The van der Waals surface area contributed by atoms with Crippen molar-refractivity contribution in [3.8, 4) is 0 Å². The summed E-state index contributed by atoms with van der Waals surface area (Å²) in [5.41, 5.74) is 0. The Kier molecular flexibility index (Phi) is 4.80. The molecule has 4 nitrogen and oxygen atoms in total. The summed E-state index contributed by atoms with van der Waals surface area (Å²) in [6.07, 6.45) is 6.52. The predicted molar refractivity (Wildman–Crippen MR) is 66.8 cm³/mol. The Hall–Kier alpha value is -0.610. The molecule has 1 aliphatic carbocycles. The van der Waals surface area contributed by atoms with E-state index in [-0.39, 0.29) is 18.1 Å². The van der Waals surface area contributed by atoms with Crippen molar-refractivity contribution in [1.29, 1.82) is 0 Å². The van der Waals surface area contributed by atoms with Gasteiger partial charge in [0.1, 0.15) is 6.04 Å². The summed E-state index contributed by atoms with van der Waals surface area (Å²) < 4.78 is 5.48. The van der Waals surface area contributed by atoms with E-state index < -0.39 is 0 Å². The van der Waals surface area contributed by atoms with E-state index in [2.05, 4.69) is 10.6 Å². The Labute approximate surface area is 103 Å². The summed E-state index contributed by atoms with van der Waals surface area (Å²) in [7, 11) is 0. The second-order valence-electron chi connectivity index (χ2n) is 5.26. The summed E-state index contributed by atoms with van der Waals surface area (Å²) >= 11 is 0. The fraction of sp³-hybridized carbons (Fsp3) is 0.923. The van der Waals surface area contributed by atoms with E-state index in [1.54, 1.807) is 0 Å². The number of amides is 1. The van der Waals surface area contributed by atoms with Gasteiger partial charge in [-0.2, -0.15) is 0 Å². The third kappa shape index (κ3) is 3.68. The number of hydrogen-bond acceptors (Lipinski definition) is 3. The van der Waals surface area contributed by atoms with Crippen molar-refractivity contribution >= 4 is 5.91 Å². The molecule has 0 bridgehead atoms. The Bertz CT molecular complexity index is 252. The maximum atomic E-state index is 12.0. The Morgan fingerprint density at radius 2 is 2.12 bits per heavy atom. The zero-order valence-electron chi connectivity index (χ0n) is 10.7. The van der Waals surface area contributed by atoms with Crippen molar-refractivity contribution in [2.24, 2.45) is 5.92 Å². The van der Waals surface area contributed by atoms with E-state index in [0.29, 0.717) is 12.5 Å². The molecule has 2 atom stereocenters. The summed E-state index contributed by atoms with van der Waals surface area (Å²) in [4.78, 5) is 12.0. The number of nitrogens with one attached hydrogen (secondary N) is 2. The topological polar surface area (TPSA) is 50.4 Å². The molecule has 0 aromatic rings. The lowest BCUT2D eigenvalue weighted by molar-refractivity contribution is -0.129. The highest BCUT2D eigenvalue weighted by Crippen LogP contribution is 2.22. The molecule has 4 heteroatoms. The van der Waals surface area contributed by atoms with Gasteiger partial charge in [0, 0.05) is 13.1 Å². The van der Waals surface area contributed by atoms with E-state index in [1.807, 2.05) is 6.92 Å². The quantitative estimate of drug-likeness (QED) is 0.775. The van der Waals surface area contributed by atoms with Gasteiger partial charge in [0.05, 0.1) is 12.7 Å². The average molecular weight is 240 g/mol. The molecule has 98 valence electrons. The van der Waals surface area contributed by atoms with Crippen LogP contribution in [0.4, 0.5) is 0 Å². The maximum absolute atomic E-state index is 12.0. The van der Waals surface area contributed by atoms with Crippen LogP contribution in [0.3, 0.4) is 0 Å². The first-order valence-electron chi connectivity index (χ1n) is 6.90. The molecule has 17 heavy (non-hydrogen) atoms. The Balaban J connectivity index is 1.72. The van der Waals surface area contributed by atoms with Crippen LogP contribution in [0.2, 0.25) is 0 Å². The predicted octanol–water partition coefficient (Wildman–Crippen LogP) is 1.06. The van der Waals surface area contributed by atoms with E-state index in [0.717, 1.165) is 13.1 Å². The first-order valence-corrected chi connectivity index (χ1v) is 6.90. The normalized spacial score (nSPS) is 31.1. The molecule has 1 heterocycles. The number of carbonyl (C=O) groups excluding carboxylic acids is 1. The minimum Gasteiger partial charge on any atom is -0.375 e. The molecule has 1 aliphatic heterocycles. The minimum atomic E-state index is -0.174. The van der Waals surface area contributed by atoms with Crippen LogP contribution in [0.25, 0.3) is 0 Å². The van der Waals surface area contributed by atoms with Crippen molar-refractivity contribution < 1.29 is 9.53 Å². The van der Waals surface area contributed by atoms with Crippen molar-refractivity contribution in [2.75, 3.05) is 19.7 Å². The average Bonchev–Trinajstić information content (AvgIpc) is 2.38. The lowest BCUT2D eigenvalue weighted by Crippen LogP contribution is -2.56. The van der Waals surface area contributed by atoms with Crippen molar-refractivity contribution in [3.05, 3.63) is 0 Å². The van der Waals surface area contributed by atoms with Gasteiger partial charge in [-0.25, -0.2) is 0 Å². The van der Waals surface area contributed by atoms with Crippen molar-refractivity contribution in [3.63, 3.8) is 0 Å². The molecule has 1 saturated heterocycles. The van der Waals surface area contributed by atoms with Gasteiger partial charge in [0.25, 0.3) is 0 Å². The van der Waals surface area contributed by atoms with Crippen LogP contribution in [0.1, 0.15) is 39.0 Å². The highest BCUT2D eigenvalue weighted by molar-refractivity contribution is 5.82. The van der Waals surface area contributed by atoms with E-state index in [9.17, 15) is 4.79 Å². The zero-order valence-corrected chi connectivity index (χ0v) is 10.7. The molecule has 0 aromatic heterocycles. The molecular weight excluding hydrogens is 216 g/mol. The van der Waals surface area contributed by atoms with E-state index >= 15 is 0 Å². The third-order valence-electron chi connectivity index (χ3n) is 3.89. The van der Waals surface area contributed by atoms with Crippen LogP contribution < -0.4 is 10.6 Å². The Morgan fingerprint density at radius 1 is 1.35 bits per heavy atom. The molecule has 2 aliphatic rings. The summed E-state index contributed by atoms with van der Waals surface area (Å²) in [5, 5.41) is 6.29. The number of morpholine rings is 1. The largest absolute Gasteiger partial charge is 0.375 e. The first-order chi connectivity index (χ1) is 8.27. The van der Waals surface area contributed by atoms with Gasteiger partial charge in [-0.15, -0.1) is 0 Å². The molecule has 0 aromatic carbocycles. The number of hydrogen-bond donors (Lipinski definition) is 2. The SMILES string of the molecule is C[C@H]1OCCN[C@@H]1C(=O)NCC1CCCCC1. The van der Waals surface area contributed by atoms with Crippen LogP contribution >= 0.6 is 0 Å². The monoisotopic (exact) mass is 240 g/mol. The van der Waals surface area contributed by atoms with Gasteiger partial charge in [0.15, 0.2) is 0 Å². The van der Waals surface area contributed by atoms with E-state index in [4.69, 9.17) is 4.74 Å². The molecular formula is C13H24N2O2. The standard InChI is InChI=1S/C13H24N2O2/c1-10-12(14-7-8-17-10)13(16)15-9-11-5-3-2-4-6-11/h10-12,14H,2-9H2,1H3,(H,15,16)/t10-,12+/m1/s1. The summed E-state index contributed by atoms with van der Waals surface area (Å²) in [6.45, 7) is 4.26. The fourth-order valence-electron chi connectivity index (χ4n) is 2.77. The second kappa shape index (κ2) is 6.36. The summed E-state index contributed by atoms with van der Waals surface area (Å²) in [6, 6.07) is -0.174. The molecule has 0 unspecified atom stereocenters. The first kappa shape index (κ1) is 12.8. The van der Waals surface area contributed by atoms with Gasteiger partial charge < -0.3 is 15.4 Å². The molecule has 1 saturated carbocycles. The van der Waals surface area contributed by atoms with Crippen LogP contribution in [-0.4, -0.2) is 37.7 Å². The molecule has 1 amide bonds. The fourth-order valence-corrected chi connectivity index (χ4v) is 2.77. The van der Waals surface area contributed by atoms with Gasteiger partial charge in [-0.3, -0.25) is 4.79 Å². The summed E-state index contributed by atoms with van der Waals surface area (Å²) in [5.74, 6) is 0.787. The lowest BCUT2D eigenvalue weighted by Gasteiger charge is -2.30. The lowest BCUT2D eigenvalue weighted by atomic mass is 9.89. The minimum absolute atomic E-state index is 0.0184. The molecule has 2 fully saturated rings. The molecule has 0 radical (unpaired) electrons. The number of rotatable bonds is 3. The van der Waals surface area contributed by atoms with Gasteiger partial charge in [-0.1, -0.05) is 19.3 Å². The number of ether oxygens (including phenoxy) is 1. The number of carbonyl (C=O) groups is 1. The van der Waals surface area contributed by atoms with E-state index in [1.165, 1.54) is 32.1 Å². The van der Waals surface area contributed by atoms with Crippen molar-refractivity contribution in [1.82, 2.24) is 10.6 Å². The van der Waals surface area contributed by atoms with Crippen LogP contribution in [0, 0.1) is 5.92 Å². The van der Waals surface area contributed by atoms with Crippen LogP contribution in [-0.2, 0) is 9.53 Å². The highest BCUT2D eigenvalue weighted by atomic mass is 16.5. The third-order valence-corrected chi connectivity index (χ3v) is 3.89. The van der Waals surface area contributed by atoms with Gasteiger partial charge >= 0.3 is 0 Å². The highest BCUT2D eigenvalue weighted by Gasteiger charge is 2.28. The van der Waals surface area contributed by atoms with Crippen LogP contribution in [0.15, 0.2) is 0 Å². The Morgan fingerprint density at radius 3 is 2.82 bits per heavy atom. The van der Waals surface area contributed by atoms with Crippen molar-refractivity contribution in [2.45, 2.75) is 51.2 Å². The smallest absolute Gasteiger partial charge is 0.239 e. The zero-order chi connectivity index (χ0) is 12.1. The maximum Gasteiger partial charge on any atom is 0.239 e. The van der Waals surface area contributed by atoms with Gasteiger partial charge in [0.2, 0.25) is 5.91 Å². The second-order valence-corrected chi connectivity index (χ2v) is 5.26.